The molecule has 0 spiro atoms. The highest BCUT2D eigenvalue weighted by Crippen LogP contribution is 2.29. The Hall–Kier alpha value is -1.09. The molecule has 0 atom stereocenters. The smallest absolute Gasteiger partial charge is 0.0171 e. The van der Waals surface area contributed by atoms with Gasteiger partial charge < -0.3 is 0 Å². The van der Waals surface area contributed by atoms with Crippen molar-refractivity contribution in [2.45, 2.75) is 20.3 Å². The Labute approximate surface area is 123 Å². The summed E-state index contributed by atoms with van der Waals surface area (Å²) in [5, 5.41) is 0. The Bertz CT molecular complexity index is 557. The molecule has 0 N–H and O–H groups in total. The number of halogens is 1. The van der Waals surface area contributed by atoms with Crippen molar-refractivity contribution in [1.29, 1.82) is 0 Å². The average molecular weight is 348 g/mol. The summed E-state index contributed by atoms with van der Waals surface area (Å²) in [6, 6.07) is 4.42. The van der Waals surface area contributed by atoms with Crippen LogP contribution in [0.1, 0.15) is 30.5 Å². The van der Waals surface area contributed by atoms with Crippen LogP contribution in [0.15, 0.2) is 48.1 Å². The fraction of sp³-hybridized carbons (Fsp3) is 0.176. The third-order valence-corrected chi connectivity index (χ3v) is 4.00. The van der Waals surface area contributed by atoms with Crippen LogP contribution in [0.25, 0.3) is 12.2 Å². The molecular weight excluding hydrogens is 331 g/mol. The highest BCUT2D eigenvalue weighted by atomic mass is 127. The minimum Gasteiger partial charge on any atom is -0.0877 e. The molecule has 1 aromatic carbocycles. The average Bonchev–Trinajstić information content (AvgIpc) is 2.83. The van der Waals surface area contributed by atoms with Gasteiger partial charge in [0.2, 0.25) is 0 Å². The lowest BCUT2D eigenvalue weighted by Gasteiger charge is -2.06. The predicted octanol–water partition coefficient (Wildman–Crippen LogP) is 5.40. The zero-order chi connectivity index (χ0) is 13.0. The Morgan fingerprint density at radius 2 is 2.11 bits per heavy atom. The monoisotopic (exact) mass is 348 g/mol. The molecule has 0 amide bonds. The molecule has 2 rings (SSSR count). The maximum absolute atomic E-state index is 2.42. The van der Waals surface area contributed by atoms with Gasteiger partial charge in [-0.2, -0.15) is 0 Å². The Kier molecular flexibility index (Phi) is 4.59. The largest absolute Gasteiger partial charge is 0.0877 e. The molecule has 0 saturated heterocycles. The Morgan fingerprint density at radius 1 is 1.28 bits per heavy atom. The van der Waals surface area contributed by atoms with Gasteiger partial charge in [-0.15, -0.1) is 0 Å². The van der Waals surface area contributed by atoms with Crippen molar-refractivity contribution in [1.82, 2.24) is 0 Å². The van der Waals surface area contributed by atoms with Crippen molar-refractivity contribution in [2.24, 2.45) is 0 Å². The van der Waals surface area contributed by atoms with E-state index in [1.807, 2.05) is 13.0 Å². The fourth-order valence-corrected chi connectivity index (χ4v) is 2.78. The zero-order valence-corrected chi connectivity index (χ0v) is 12.9. The van der Waals surface area contributed by atoms with E-state index in [0.29, 0.717) is 0 Å². The lowest BCUT2D eigenvalue weighted by atomic mass is 10.0. The van der Waals surface area contributed by atoms with E-state index in [0.717, 1.165) is 6.42 Å². The molecule has 0 heterocycles. The van der Waals surface area contributed by atoms with Gasteiger partial charge in [0.15, 0.2) is 0 Å². The van der Waals surface area contributed by atoms with Gasteiger partial charge in [-0.1, -0.05) is 54.2 Å². The molecule has 0 unspecified atom stereocenters. The van der Waals surface area contributed by atoms with E-state index in [9.17, 15) is 0 Å². The number of allylic oxidation sites excluding steroid dienone is 6. The standard InChI is InChI=1S/C17H17I/c1-3-4-5-7-13(2)12-14-10-11-17(18)16-9-6-8-15(14)16/h3-8,10-12H,9H2,1-2H3/b4-3-,7-5-,13-12+. The van der Waals surface area contributed by atoms with Crippen LogP contribution in [-0.2, 0) is 6.42 Å². The molecule has 92 valence electrons. The first-order valence-electron chi connectivity index (χ1n) is 6.18. The molecule has 0 saturated carbocycles. The van der Waals surface area contributed by atoms with Crippen LogP contribution in [0.3, 0.4) is 0 Å². The Morgan fingerprint density at radius 3 is 2.89 bits per heavy atom. The van der Waals surface area contributed by atoms with Gasteiger partial charge in [-0.25, -0.2) is 0 Å². The van der Waals surface area contributed by atoms with Crippen LogP contribution < -0.4 is 0 Å². The highest BCUT2D eigenvalue weighted by molar-refractivity contribution is 14.1. The van der Waals surface area contributed by atoms with Crippen LogP contribution >= 0.6 is 22.6 Å². The summed E-state index contributed by atoms with van der Waals surface area (Å²) in [6.45, 7) is 4.17. The zero-order valence-electron chi connectivity index (χ0n) is 10.8. The maximum atomic E-state index is 2.42. The minimum atomic E-state index is 1.07. The first-order valence-corrected chi connectivity index (χ1v) is 7.26. The summed E-state index contributed by atoms with van der Waals surface area (Å²) in [5.41, 5.74) is 5.45. The summed E-state index contributed by atoms with van der Waals surface area (Å²) in [7, 11) is 0. The number of rotatable bonds is 3. The molecule has 0 bridgehead atoms. The predicted molar refractivity (Wildman–Crippen MR) is 89.5 cm³/mol. The molecule has 0 nitrogen and oxygen atoms in total. The van der Waals surface area contributed by atoms with Crippen molar-refractivity contribution in [2.75, 3.05) is 0 Å². The number of hydrogen-bond donors (Lipinski definition) is 0. The van der Waals surface area contributed by atoms with E-state index in [1.165, 1.54) is 25.8 Å². The Balaban J connectivity index is 2.33. The summed E-state index contributed by atoms with van der Waals surface area (Å²) in [5.74, 6) is 0. The summed E-state index contributed by atoms with van der Waals surface area (Å²) in [6.07, 6.45) is 16.1. The van der Waals surface area contributed by atoms with Gasteiger partial charge in [-0.05, 0) is 65.6 Å². The van der Waals surface area contributed by atoms with Crippen molar-refractivity contribution in [3.63, 3.8) is 0 Å². The minimum absolute atomic E-state index is 1.07. The van der Waals surface area contributed by atoms with E-state index >= 15 is 0 Å². The molecule has 1 aromatic rings. The van der Waals surface area contributed by atoms with E-state index in [1.54, 1.807) is 0 Å². The lowest BCUT2D eigenvalue weighted by molar-refractivity contribution is 1.28. The number of benzene rings is 1. The van der Waals surface area contributed by atoms with Gasteiger partial charge in [0.05, 0.1) is 0 Å². The molecule has 18 heavy (non-hydrogen) atoms. The van der Waals surface area contributed by atoms with Crippen molar-refractivity contribution < 1.29 is 0 Å². The number of fused-ring (bicyclic) bond motifs is 1. The van der Waals surface area contributed by atoms with E-state index < -0.39 is 0 Å². The molecule has 1 heteroatoms. The van der Waals surface area contributed by atoms with Crippen LogP contribution in [0, 0.1) is 3.57 Å². The quantitative estimate of drug-likeness (QED) is 0.507. The lowest BCUT2D eigenvalue weighted by Crippen LogP contribution is -1.90. The third kappa shape index (κ3) is 3.02. The molecule has 1 aliphatic carbocycles. The molecule has 0 aliphatic heterocycles. The van der Waals surface area contributed by atoms with Crippen molar-refractivity contribution in [3.8, 4) is 0 Å². The summed E-state index contributed by atoms with van der Waals surface area (Å²) in [4.78, 5) is 0. The van der Waals surface area contributed by atoms with Crippen molar-refractivity contribution in [3.05, 3.63) is 68.3 Å². The van der Waals surface area contributed by atoms with Gasteiger partial charge in [0.1, 0.15) is 0 Å². The van der Waals surface area contributed by atoms with Crippen LogP contribution in [0.5, 0.6) is 0 Å². The highest BCUT2D eigenvalue weighted by Gasteiger charge is 2.11. The molecular formula is C17H17I. The van der Waals surface area contributed by atoms with Crippen LogP contribution in [0.4, 0.5) is 0 Å². The maximum Gasteiger partial charge on any atom is 0.0171 e. The van der Waals surface area contributed by atoms with Crippen LogP contribution in [0.2, 0.25) is 0 Å². The second kappa shape index (κ2) is 6.19. The van der Waals surface area contributed by atoms with E-state index in [-0.39, 0.29) is 0 Å². The third-order valence-electron chi connectivity index (χ3n) is 2.99. The SMILES string of the molecule is C\C=C/C=C\C(C)=C\c1ccc(I)c2c1C=CC2. The van der Waals surface area contributed by atoms with Gasteiger partial charge in [-0.3, -0.25) is 0 Å². The molecule has 0 radical (unpaired) electrons. The van der Waals surface area contributed by atoms with E-state index in [2.05, 4.69) is 78.1 Å². The van der Waals surface area contributed by atoms with Gasteiger partial charge in [0.25, 0.3) is 0 Å². The topological polar surface area (TPSA) is 0 Å². The van der Waals surface area contributed by atoms with Crippen molar-refractivity contribution >= 4 is 34.7 Å². The van der Waals surface area contributed by atoms with Gasteiger partial charge >= 0.3 is 0 Å². The number of hydrogen-bond acceptors (Lipinski definition) is 0. The summed E-state index contributed by atoms with van der Waals surface area (Å²) < 4.78 is 1.37. The summed E-state index contributed by atoms with van der Waals surface area (Å²) >= 11 is 2.42. The molecule has 1 aliphatic rings. The molecule has 0 fully saturated rings. The molecule has 0 aromatic heterocycles. The van der Waals surface area contributed by atoms with Crippen LogP contribution in [-0.4, -0.2) is 0 Å². The first kappa shape index (κ1) is 13.3. The second-order valence-corrected chi connectivity index (χ2v) is 5.57. The van der Waals surface area contributed by atoms with Gasteiger partial charge in [0, 0.05) is 3.57 Å². The second-order valence-electron chi connectivity index (χ2n) is 4.41. The fourth-order valence-electron chi connectivity index (χ4n) is 2.09. The first-order chi connectivity index (χ1) is 8.72. The van der Waals surface area contributed by atoms with E-state index in [4.69, 9.17) is 0 Å². The normalized spacial score (nSPS) is 14.9.